The number of rotatable bonds is 4. The van der Waals surface area contributed by atoms with Gasteiger partial charge >= 0.3 is 0 Å². The van der Waals surface area contributed by atoms with Crippen molar-refractivity contribution in [2.45, 2.75) is 32.7 Å². The van der Waals surface area contributed by atoms with Crippen molar-refractivity contribution in [1.82, 2.24) is 0 Å². The van der Waals surface area contributed by atoms with Crippen LogP contribution in [0.3, 0.4) is 0 Å². The van der Waals surface area contributed by atoms with Crippen LogP contribution >= 0.6 is 0 Å². The van der Waals surface area contributed by atoms with Gasteiger partial charge in [-0.2, -0.15) is 0 Å². The molecule has 1 aromatic rings. The van der Waals surface area contributed by atoms with Crippen molar-refractivity contribution in [3.8, 4) is 0 Å². The highest BCUT2D eigenvalue weighted by Gasteiger charge is 2.23. The molecule has 0 radical (unpaired) electrons. The Morgan fingerprint density at radius 3 is 2.33 bits per heavy atom. The molecule has 2 nitrogen and oxygen atoms in total. The molecule has 0 spiro atoms. The first-order valence-electron chi connectivity index (χ1n) is 5.27. The Morgan fingerprint density at radius 1 is 1.40 bits per heavy atom. The fourth-order valence-electron chi connectivity index (χ4n) is 1.35. The maximum Gasteiger partial charge on any atom is 0.0731 e. The van der Waals surface area contributed by atoms with Crippen LogP contribution in [0, 0.1) is 6.92 Å². The monoisotopic (exact) mass is 204 g/mol. The third-order valence-corrected chi connectivity index (χ3v) is 2.89. The third-order valence-electron chi connectivity index (χ3n) is 2.89. The molecular formula is C13H20N2. The number of nitrogens with two attached hydrogens (primary N) is 1. The predicted molar refractivity (Wildman–Crippen MR) is 66.8 cm³/mol. The van der Waals surface area contributed by atoms with Crippen LogP contribution in [0.4, 0.5) is 5.69 Å². The molecule has 0 amide bonds. The lowest BCUT2D eigenvalue weighted by Gasteiger charge is -2.31. The highest BCUT2D eigenvalue weighted by atomic mass is 15.0. The molecule has 1 aromatic carbocycles. The molecule has 1 rings (SSSR count). The molecule has 0 aliphatic rings. The summed E-state index contributed by atoms with van der Waals surface area (Å²) in [5, 5.41) is 3.41. The van der Waals surface area contributed by atoms with Crippen LogP contribution in [0.15, 0.2) is 36.5 Å². The van der Waals surface area contributed by atoms with E-state index < -0.39 is 0 Å². The van der Waals surface area contributed by atoms with Crippen molar-refractivity contribution in [3.05, 3.63) is 42.1 Å². The second kappa shape index (κ2) is 4.39. The van der Waals surface area contributed by atoms with Gasteiger partial charge in [0.15, 0.2) is 0 Å². The topological polar surface area (TPSA) is 38.0 Å². The molecule has 1 atom stereocenters. The first-order valence-corrected chi connectivity index (χ1v) is 5.27. The van der Waals surface area contributed by atoms with Crippen molar-refractivity contribution >= 4 is 5.69 Å². The van der Waals surface area contributed by atoms with Gasteiger partial charge in [0.1, 0.15) is 0 Å². The summed E-state index contributed by atoms with van der Waals surface area (Å²) in [4.78, 5) is 0. The summed E-state index contributed by atoms with van der Waals surface area (Å²) in [7, 11) is 0. The highest BCUT2D eigenvalue weighted by molar-refractivity contribution is 5.48. The number of anilines is 1. The zero-order chi connectivity index (χ0) is 11.5. The molecular weight excluding hydrogens is 184 g/mol. The Bertz CT molecular complexity index is 340. The Morgan fingerprint density at radius 2 is 1.93 bits per heavy atom. The van der Waals surface area contributed by atoms with E-state index in [1.165, 1.54) is 5.56 Å². The Hall–Kier alpha value is -1.44. The fraction of sp³-hybridized carbons (Fsp3) is 0.385. The van der Waals surface area contributed by atoms with Crippen molar-refractivity contribution in [2.24, 2.45) is 5.73 Å². The first kappa shape index (κ1) is 11.6. The van der Waals surface area contributed by atoms with E-state index in [0.29, 0.717) is 5.70 Å². The summed E-state index contributed by atoms with van der Waals surface area (Å²) in [6.07, 6.45) is 0.913. The van der Waals surface area contributed by atoms with Crippen molar-refractivity contribution in [2.75, 3.05) is 5.32 Å². The molecule has 0 aliphatic carbocycles. The second-order valence-corrected chi connectivity index (χ2v) is 4.20. The lowest BCUT2D eigenvalue weighted by molar-refractivity contribution is 0.572. The van der Waals surface area contributed by atoms with Gasteiger partial charge < -0.3 is 11.1 Å². The van der Waals surface area contributed by atoms with E-state index in [0.717, 1.165) is 12.1 Å². The summed E-state index contributed by atoms with van der Waals surface area (Å²) < 4.78 is 0. The van der Waals surface area contributed by atoms with Gasteiger partial charge in [0.05, 0.1) is 5.54 Å². The number of benzene rings is 1. The average Bonchev–Trinajstić information content (AvgIpc) is 2.21. The summed E-state index contributed by atoms with van der Waals surface area (Å²) in [5.41, 5.74) is 8.58. The van der Waals surface area contributed by atoms with Crippen molar-refractivity contribution in [3.63, 3.8) is 0 Å². The minimum atomic E-state index is -0.227. The van der Waals surface area contributed by atoms with Crippen LogP contribution in [0.25, 0.3) is 0 Å². The largest absolute Gasteiger partial charge is 0.401 e. The van der Waals surface area contributed by atoms with E-state index in [1.807, 2.05) is 0 Å². The number of hydrogen-bond donors (Lipinski definition) is 2. The molecule has 0 aromatic heterocycles. The van der Waals surface area contributed by atoms with Crippen molar-refractivity contribution in [1.29, 1.82) is 0 Å². The smallest absolute Gasteiger partial charge is 0.0731 e. The van der Waals surface area contributed by atoms with Gasteiger partial charge in [-0.15, -0.1) is 0 Å². The molecule has 0 bridgehead atoms. The van der Waals surface area contributed by atoms with Gasteiger partial charge in [0, 0.05) is 11.4 Å². The Kier molecular flexibility index (Phi) is 3.40. The molecule has 15 heavy (non-hydrogen) atoms. The van der Waals surface area contributed by atoms with Crippen LogP contribution in [-0.4, -0.2) is 5.54 Å². The molecule has 2 heteroatoms. The molecule has 3 N–H and O–H groups in total. The molecule has 0 heterocycles. The normalized spacial score (nSPS) is 14.3. The summed E-state index contributed by atoms with van der Waals surface area (Å²) in [6, 6.07) is 8.29. The Labute approximate surface area is 92.2 Å². The van der Waals surface area contributed by atoms with Gasteiger partial charge in [0.25, 0.3) is 0 Å². The molecule has 0 aliphatic heterocycles. The van der Waals surface area contributed by atoms with E-state index >= 15 is 0 Å². The molecule has 82 valence electrons. The van der Waals surface area contributed by atoms with Crippen LogP contribution < -0.4 is 11.1 Å². The zero-order valence-corrected chi connectivity index (χ0v) is 9.80. The summed E-state index contributed by atoms with van der Waals surface area (Å²) >= 11 is 0. The zero-order valence-electron chi connectivity index (χ0n) is 9.80. The maximum absolute atomic E-state index is 5.80. The van der Waals surface area contributed by atoms with Crippen LogP contribution in [0.2, 0.25) is 0 Å². The van der Waals surface area contributed by atoms with Gasteiger partial charge in [-0.05, 0) is 32.4 Å². The van der Waals surface area contributed by atoms with E-state index in [1.54, 1.807) is 0 Å². The molecule has 1 unspecified atom stereocenters. The predicted octanol–water partition coefficient (Wildman–Crippen LogP) is 3.05. The lowest BCUT2D eigenvalue weighted by atomic mass is 9.95. The quantitative estimate of drug-likeness (QED) is 0.791. The highest BCUT2D eigenvalue weighted by Crippen LogP contribution is 2.22. The van der Waals surface area contributed by atoms with E-state index in [4.69, 9.17) is 5.73 Å². The number of aryl methyl sites for hydroxylation is 1. The average molecular weight is 204 g/mol. The van der Waals surface area contributed by atoms with Gasteiger partial charge in [-0.1, -0.05) is 31.2 Å². The van der Waals surface area contributed by atoms with E-state index in [9.17, 15) is 0 Å². The van der Waals surface area contributed by atoms with Gasteiger partial charge in [-0.25, -0.2) is 0 Å². The van der Waals surface area contributed by atoms with Crippen molar-refractivity contribution < 1.29 is 0 Å². The minimum Gasteiger partial charge on any atom is -0.401 e. The Balaban J connectivity index is 2.84. The van der Waals surface area contributed by atoms with Crippen LogP contribution in [-0.2, 0) is 0 Å². The number of hydrogen-bond acceptors (Lipinski definition) is 2. The first-order chi connectivity index (χ1) is 6.98. The van der Waals surface area contributed by atoms with E-state index in [2.05, 4.69) is 56.9 Å². The fourth-order valence-corrected chi connectivity index (χ4v) is 1.35. The van der Waals surface area contributed by atoms with Crippen LogP contribution in [0.1, 0.15) is 25.8 Å². The lowest BCUT2D eigenvalue weighted by Crippen LogP contribution is -2.39. The van der Waals surface area contributed by atoms with Gasteiger partial charge in [0.2, 0.25) is 0 Å². The summed E-state index contributed by atoms with van der Waals surface area (Å²) in [6.45, 7) is 10.1. The standard InChI is InChI=1S/C13H20N2/c1-5-13(4,11(3)14)15-12-8-6-10(2)7-9-12/h6-9,15H,3,5,14H2,1-2,4H3. The molecule has 0 fully saturated rings. The van der Waals surface area contributed by atoms with Crippen LogP contribution in [0.5, 0.6) is 0 Å². The second-order valence-electron chi connectivity index (χ2n) is 4.20. The summed E-state index contributed by atoms with van der Waals surface area (Å²) in [5.74, 6) is 0. The molecule has 0 saturated carbocycles. The SMILES string of the molecule is C=C(N)C(C)(CC)Nc1ccc(C)cc1. The maximum atomic E-state index is 5.80. The third kappa shape index (κ3) is 2.75. The molecule has 0 saturated heterocycles. The van der Waals surface area contributed by atoms with E-state index in [-0.39, 0.29) is 5.54 Å². The van der Waals surface area contributed by atoms with Gasteiger partial charge in [-0.3, -0.25) is 0 Å². The number of nitrogens with one attached hydrogen (secondary N) is 1. The minimum absolute atomic E-state index is 0.227.